The van der Waals surface area contributed by atoms with Gasteiger partial charge in [-0.05, 0) is 18.6 Å². The molecule has 0 saturated carbocycles. The Balaban J connectivity index is 2.29. The maximum absolute atomic E-state index is 12.8. The zero-order chi connectivity index (χ0) is 17.2. The normalized spacial score (nSPS) is 20.5. The van der Waals surface area contributed by atoms with Gasteiger partial charge in [-0.1, -0.05) is 25.1 Å². The Hall–Kier alpha value is -1.60. The molecule has 0 bridgehead atoms. The highest BCUT2D eigenvalue weighted by Gasteiger charge is 2.34. The maximum Gasteiger partial charge on any atom is 0.309 e. The highest BCUT2D eigenvalue weighted by molar-refractivity contribution is 7.89. The number of sulfonamides is 1. The number of esters is 1. The van der Waals surface area contributed by atoms with E-state index in [1.807, 2.05) is 38.2 Å². The topological polar surface area (TPSA) is 66.9 Å². The molecule has 1 aliphatic heterocycles. The second-order valence-electron chi connectivity index (χ2n) is 6.11. The predicted octanol–water partition coefficient (Wildman–Crippen LogP) is 1.47. The summed E-state index contributed by atoms with van der Waals surface area (Å²) in [4.78, 5) is 13.6. The Labute approximate surface area is 138 Å². The van der Waals surface area contributed by atoms with Crippen LogP contribution in [0.2, 0.25) is 0 Å². The molecule has 0 radical (unpaired) electrons. The van der Waals surface area contributed by atoms with E-state index in [9.17, 15) is 13.2 Å². The van der Waals surface area contributed by atoms with E-state index in [-0.39, 0.29) is 11.8 Å². The SMILES string of the molecule is COC(=O)[C@@H](C)CS(=O)(=O)N1Cc2ccccc2N(C)C[C@H]1C. The van der Waals surface area contributed by atoms with E-state index in [0.717, 1.165) is 11.3 Å². The van der Waals surface area contributed by atoms with E-state index in [2.05, 4.69) is 9.64 Å². The molecule has 1 heterocycles. The first-order valence-electron chi connectivity index (χ1n) is 7.62. The largest absolute Gasteiger partial charge is 0.469 e. The summed E-state index contributed by atoms with van der Waals surface area (Å²) in [7, 11) is -0.341. The lowest BCUT2D eigenvalue weighted by molar-refractivity contribution is -0.144. The van der Waals surface area contributed by atoms with Crippen LogP contribution < -0.4 is 4.90 Å². The van der Waals surface area contributed by atoms with Gasteiger partial charge in [-0.2, -0.15) is 4.31 Å². The molecule has 0 aromatic heterocycles. The van der Waals surface area contributed by atoms with Crippen LogP contribution in [0.1, 0.15) is 19.4 Å². The van der Waals surface area contributed by atoms with Crippen molar-refractivity contribution >= 4 is 21.7 Å². The number of nitrogens with zero attached hydrogens (tertiary/aromatic N) is 2. The summed E-state index contributed by atoms with van der Waals surface area (Å²) >= 11 is 0. The predicted molar refractivity (Wildman–Crippen MR) is 89.7 cm³/mol. The van der Waals surface area contributed by atoms with E-state index in [1.165, 1.54) is 11.4 Å². The number of likely N-dealkylation sites (N-methyl/N-ethyl adjacent to an activating group) is 1. The highest BCUT2D eigenvalue weighted by atomic mass is 32.2. The van der Waals surface area contributed by atoms with Gasteiger partial charge in [-0.15, -0.1) is 0 Å². The number of hydrogen-bond donors (Lipinski definition) is 0. The Bertz CT molecular complexity index is 674. The summed E-state index contributed by atoms with van der Waals surface area (Å²) in [5.74, 6) is -1.43. The minimum Gasteiger partial charge on any atom is -0.469 e. The van der Waals surface area contributed by atoms with Crippen LogP contribution in [0.15, 0.2) is 24.3 Å². The first-order valence-corrected chi connectivity index (χ1v) is 9.23. The molecule has 6 nitrogen and oxygen atoms in total. The summed E-state index contributed by atoms with van der Waals surface area (Å²) < 4.78 is 31.7. The molecule has 1 aromatic rings. The van der Waals surface area contributed by atoms with Gasteiger partial charge in [0.1, 0.15) is 0 Å². The molecule has 1 aromatic carbocycles. The zero-order valence-corrected chi connectivity index (χ0v) is 14.8. The quantitative estimate of drug-likeness (QED) is 0.777. The fraction of sp³-hybridized carbons (Fsp3) is 0.562. The van der Waals surface area contributed by atoms with Gasteiger partial charge in [0.25, 0.3) is 0 Å². The van der Waals surface area contributed by atoms with Crippen LogP contribution >= 0.6 is 0 Å². The smallest absolute Gasteiger partial charge is 0.309 e. The van der Waals surface area contributed by atoms with Crippen molar-refractivity contribution in [1.29, 1.82) is 0 Å². The van der Waals surface area contributed by atoms with Crippen molar-refractivity contribution in [2.24, 2.45) is 5.92 Å². The number of rotatable bonds is 4. The molecular weight excluding hydrogens is 316 g/mol. The van der Waals surface area contributed by atoms with E-state index < -0.39 is 21.9 Å². The third kappa shape index (κ3) is 3.84. The molecule has 0 saturated heterocycles. The van der Waals surface area contributed by atoms with Crippen molar-refractivity contribution in [1.82, 2.24) is 4.31 Å². The Kier molecular flexibility index (Phi) is 5.31. The van der Waals surface area contributed by atoms with Crippen LogP contribution in [0.3, 0.4) is 0 Å². The number of carbonyl (C=O) groups excluding carboxylic acids is 1. The lowest BCUT2D eigenvalue weighted by Gasteiger charge is -2.28. The lowest BCUT2D eigenvalue weighted by atomic mass is 10.1. The third-order valence-corrected chi connectivity index (χ3v) is 6.31. The lowest BCUT2D eigenvalue weighted by Crippen LogP contribution is -2.44. The second-order valence-corrected chi connectivity index (χ2v) is 8.07. The van der Waals surface area contributed by atoms with Crippen LogP contribution in [-0.2, 0) is 26.1 Å². The molecule has 23 heavy (non-hydrogen) atoms. The molecule has 128 valence electrons. The van der Waals surface area contributed by atoms with Crippen LogP contribution in [-0.4, -0.2) is 51.2 Å². The second kappa shape index (κ2) is 6.88. The summed E-state index contributed by atoms with van der Waals surface area (Å²) in [6.45, 7) is 4.38. The van der Waals surface area contributed by atoms with Gasteiger partial charge >= 0.3 is 5.97 Å². The number of methoxy groups -OCH3 is 1. The minimum atomic E-state index is -3.57. The van der Waals surface area contributed by atoms with Gasteiger partial charge in [0.05, 0.1) is 18.8 Å². The maximum atomic E-state index is 12.8. The molecule has 0 amide bonds. The molecular formula is C16H24N2O4S. The Morgan fingerprint density at radius 2 is 2.04 bits per heavy atom. The Morgan fingerprint density at radius 1 is 1.39 bits per heavy atom. The third-order valence-electron chi connectivity index (χ3n) is 4.18. The molecule has 0 N–H and O–H groups in total. The highest BCUT2D eigenvalue weighted by Crippen LogP contribution is 2.28. The molecule has 2 atom stereocenters. The Morgan fingerprint density at radius 3 is 2.70 bits per heavy atom. The average Bonchev–Trinajstić information content (AvgIpc) is 2.63. The number of anilines is 1. The number of hydrogen-bond acceptors (Lipinski definition) is 5. The summed E-state index contributed by atoms with van der Waals surface area (Å²) in [6.07, 6.45) is 0. The van der Waals surface area contributed by atoms with E-state index >= 15 is 0 Å². The summed E-state index contributed by atoms with van der Waals surface area (Å²) in [6, 6.07) is 7.61. The molecule has 7 heteroatoms. The fourth-order valence-electron chi connectivity index (χ4n) is 2.98. The number of para-hydroxylation sites is 1. The van der Waals surface area contributed by atoms with Crippen LogP contribution in [0.25, 0.3) is 0 Å². The van der Waals surface area contributed by atoms with Crippen LogP contribution in [0.4, 0.5) is 5.69 Å². The number of benzene rings is 1. The summed E-state index contributed by atoms with van der Waals surface area (Å²) in [5.41, 5.74) is 2.01. The monoisotopic (exact) mass is 340 g/mol. The van der Waals surface area contributed by atoms with Crippen molar-refractivity contribution in [3.8, 4) is 0 Å². The minimum absolute atomic E-state index is 0.178. The molecule has 2 rings (SSSR count). The van der Waals surface area contributed by atoms with Crippen LogP contribution in [0, 0.1) is 5.92 Å². The standard InChI is InChI=1S/C16H24N2O4S/c1-12(16(19)22-4)11-23(20,21)18-10-14-7-5-6-8-15(14)17(3)9-13(18)2/h5-8,12-13H,9-11H2,1-4H3/t12-,13+/m0/s1. The van der Waals surface area contributed by atoms with Gasteiger partial charge < -0.3 is 9.64 Å². The van der Waals surface area contributed by atoms with Gasteiger partial charge in [-0.3, -0.25) is 4.79 Å². The van der Waals surface area contributed by atoms with Crippen molar-refractivity contribution in [3.05, 3.63) is 29.8 Å². The molecule has 0 unspecified atom stereocenters. The molecule has 1 aliphatic rings. The zero-order valence-electron chi connectivity index (χ0n) is 14.0. The van der Waals surface area contributed by atoms with E-state index in [4.69, 9.17) is 0 Å². The first kappa shape index (κ1) is 17.7. The van der Waals surface area contributed by atoms with Gasteiger partial charge in [0.15, 0.2) is 0 Å². The van der Waals surface area contributed by atoms with E-state index in [0.29, 0.717) is 13.1 Å². The van der Waals surface area contributed by atoms with Crippen molar-refractivity contribution in [3.63, 3.8) is 0 Å². The molecule has 0 fully saturated rings. The molecule has 0 spiro atoms. The first-order chi connectivity index (χ1) is 10.8. The van der Waals surface area contributed by atoms with Crippen molar-refractivity contribution in [2.75, 3.05) is 31.4 Å². The number of fused-ring (bicyclic) bond motifs is 1. The van der Waals surface area contributed by atoms with Gasteiger partial charge in [-0.25, -0.2) is 8.42 Å². The number of ether oxygens (including phenoxy) is 1. The summed E-state index contributed by atoms with van der Waals surface area (Å²) in [5, 5.41) is 0. The van der Waals surface area contributed by atoms with Crippen molar-refractivity contribution in [2.45, 2.75) is 26.4 Å². The van der Waals surface area contributed by atoms with Crippen molar-refractivity contribution < 1.29 is 17.9 Å². The number of carbonyl (C=O) groups is 1. The van der Waals surface area contributed by atoms with Crippen LogP contribution in [0.5, 0.6) is 0 Å². The van der Waals surface area contributed by atoms with Gasteiger partial charge in [0, 0.05) is 31.9 Å². The fourth-order valence-corrected chi connectivity index (χ4v) is 4.89. The van der Waals surface area contributed by atoms with Gasteiger partial charge in [0.2, 0.25) is 10.0 Å². The van der Waals surface area contributed by atoms with E-state index in [1.54, 1.807) is 6.92 Å². The molecule has 0 aliphatic carbocycles. The average molecular weight is 340 g/mol.